The van der Waals surface area contributed by atoms with Crippen molar-refractivity contribution in [3.63, 3.8) is 0 Å². The average Bonchev–Trinajstić information content (AvgIpc) is 2.40. The first-order chi connectivity index (χ1) is 8.72. The molecular weight excluding hydrogens is 248 g/mol. The van der Waals surface area contributed by atoms with E-state index in [1.165, 1.54) is 25.5 Å². The smallest absolute Gasteiger partial charge is 0.305 e. The van der Waals surface area contributed by atoms with Crippen LogP contribution in [0.4, 0.5) is 0 Å². The summed E-state index contributed by atoms with van der Waals surface area (Å²) in [5, 5.41) is 0.819. The zero-order valence-corrected chi connectivity index (χ0v) is 11.5. The van der Waals surface area contributed by atoms with Crippen molar-refractivity contribution in [3.05, 3.63) is 34.9 Å². The molecule has 0 saturated heterocycles. The fourth-order valence-corrected chi connectivity index (χ4v) is 3.21. The van der Waals surface area contributed by atoms with Gasteiger partial charge in [0.1, 0.15) is 0 Å². The summed E-state index contributed by atoms with van der Waals surface area (Å²) in [4.78, 5) is 11.5. The van der Waals surface area contributed by atoms with Crippen LogP contribution in [0.25, 0.3) is 0 Å². The Morgan fingerprint density at radius 2 is 2.06 bits per heavy atom. The standard InChI is InChI=1S/C15H19ClO2/c1-18-15(17)10-11-6-2-3-7-12(11)13-8-4-5-9-14(13)16/h4-5,8-9,11-12H,2-3,6-7,10H2,1H3. The molecule has 2 atom stereocenters. The van der Waals surface area contributed by atoms with Gasteiger partial charge in [0.2, 0.25) is 0 Å². The Bertz CT molecular complexity index is 417. The molecular formula is C15H19ClO2. The second-order valence-corrected chi connectivity index (χ2v) is 5.36. The van der Waals surface area contributed by atoms with E-state index in [2.05, 4.69) is 6.07 Å². The lowest BCUT2D eigenvalue weighted by molar-refractivity contribution is -0.142. The maximum atomic E-state index is 11.5. The third-order valence-corrected chi connectivity index (χ3v) is 4.21. The number of ether oxygens (including phenoxy) is 1. The van der Waals surface area contributed by atoms with Gasteiger partial charge in [0, 0.05) is 11.4 Å². The molecule has 0 radical (unpaired) electrons. The predicted molar refractivity (Wildman–Crippen MR) is 72.8 cm³/mol. The highest BCUT2D eigenvalue weighted by Gasteiger charge is 2.29. The van der Waals surface area contributed by atoms with Gasteiger partial charge in [-0.25, -0.2) is 0 Å². The molecule has 1 saturated carbocycles. The third-order valence-electron chi connectivity index (χ3n) is 3.87. The summed E-state index contributed by atoms with van der Waals surface area (Å²) >= 11 is 6.28. The van der Waals surface area contributed by atoms with Crippen LogP contribution in [0.5, 0.6) is 0 Å². The Kier molecular flexibility index (Phi) is 4.65. The Morgan fingerprint density at radius 1 is 1.33 bits per heavy atom. The molecule has 3 heteroatoms. The lowest BCUT2D eigenvalue weighted by Gasteiger charge is -2.31. The summed E-state index contributed by atoms with van der Waals surface area (Å²) < 4.78 is 4.80. The summed E-state index contributed by atoms with van der Waals surface area (Å²) in [7, 11) is 1.45. The number of hydrogen-bond acceptors (Lipinski definition) is 2. The maximum absolute atomic E-state index is 11.5. The van der Waals surface area contributed by atoms with Crippen LogP contribution in [0, 0.1) is 5.92 Å². The zero-order chi connectivity index (χ0) is 13.0. The molecule has 1 aliphatic carbocycles. The van der Waals surface area contributed by atoms with E-state index in [9.17, 15) is 4.79 Å². The van der Waals surface area contributed by atoms with Gasteiger partial charge in [-0.2, -0.15) is 0 Å². The van der Waals surface area contributed by atoms with Crippen LogP contribution < -0.4 is 0 Å². The van der Waals surface area contributed by atoms with Crippen LogP contribution in [-0.2, 0) is 9.53 Å². The molecule has 0 heterocycles. The average molecular weight is 267 g/mol. The van der Waals surface area contributed by atoms with Crippen LogP contribution in [0.1, 0.15) is 43.6 Å². The van der Waals surface area contributed by atoms with Gasteiger partial charge in [0.25, 0.3) is 0 Å². The molecule has 1 aliphatic rings. The molecule has 0 aromatic heterocycles. The minimum atomic E-state index is -0.112. The minimum absolute atomic E-state index is 0.112. The number of halogens is 1. The summed E-state index contributed by atoms with van der Waals surface area (Å²) in [6.45, 7) is 0. The number of carbonyl (C=O) groups excluding carboxylic acids is 1. The van der Waals surface area contributed by atoms with Gasteiger partial charge < -0.3 is 4.74 Å². The van der Waals surface area contributed by atoms with Gasteiger partial charge in [-0.15, -0.1) is 0 Å². The molecule has 98 valence electrons. The first-order valence-corrected chi connectivity index (χ1v) is 6.91. The predicted octanol–water partition coefficient (Wildman–Crippen LogP) is 4.18. The topological polar surface area (TPSA) is 26.3 Å². The molecule has 2 unspecified atom stereocenters. The van der Waals surface area contributed by atoms with Crippen LogP contribution in [-0.4, -0.2) is 13.1 Å². The fourth-order valence-electron chi connectivity index (χ4n) is 2.93. The third kappa shape index (κ3) is 3.05. The van der Waals surface area contributed by atoms with E-state index < -0.39 is 0 Å². The van der Waals surface area contributed by atoms with Gasteiger partial charge in [-0.3, -0.25) is 4.79 Å². The van der Waals surface area contributed by atoms with E-state index in [4.69, 9.17) is 16.3 Å². The first kappa shape index (κ1) is 13.4. The highest BCUT2D eigenvalue weighted by molar-refractivity contribution is 6.31. The van der Waals surface area contributed by atoms with Gasteiger partial charge in [-0.05, 0) is 36.3 Å². The van der Waals surface area contributed by atoms with Crippen LogP contribution >= 0.6 is 11.6 Å². The van der Waals surface area contributed by atoms with Crippen molar-refractivity contribution in [2.24, 2.45) is 5.92 Å². The monoisotopic (exact) mass is 266 g/mol. The lowest BCUT2D eigenvalue weighted by Crippen LogP contribution is -2.21. The van der Waals surface area contributed by atoms with E-state index in [-0.39, 0.29) is 5.97 Å². The number of methoxy groups -OCH3 is 1. The van der Waals surface area contributed by atoms with E-state index in [1.54, 1.807) is 0 Å². The second kappa shape index (κ2) is 6.24. The largest absolute Gasteiger partial charge is 0.469 e. The van der Waals surface area contributed by atoms with Crippen molar-refractivity contribution < 1.29 is 9.53 Å². The second-order valence-electron chi connectivity index (χ2n) is 4.95. The quantitative estimate of drug-likeness (QED) is 0.768. The van der Waals surface area contributed by atoms with Crippen molar-refractivity contribution in [3.8, 4) is 0 Å². The molecule has 2 rings (SSSR count). The van der Waals surface area contributed by atoms with Crippen molar-refractivity contribution in [2.75, 3.05) is 7.11 Å². The maximum Gasteiger partial charge on any atom is 0.305 e. The summed E-state index contributed by atoms with van der Waals surface area (Å²) in [5.74, 6) is 0.650. The summed E-state index contributed by atoms with van der Waals surface area (Å²) in [5.41, 5.74) is 1.19. The number of carbonyl (C=O) groups is 1. The molecule has 1 aromatic rings. The number of hydrogen-bond donors (Lipinski definition) is 0. The molecule has 0 N–H and O–H groups in total. The molecule has 0 aliphatic heterocycles. The van der Waals surface area contributed by atoms with Crippen molar-refractivity contribution in [1.82, 2.24) is 0 Å². The van der Waals surface area contributed by atoms with Crippen LogP contribution in [0.2, 0.25) is 5.02 Å². The fraction of sp³-hybridized carbons (Fsp3) is 0.533. The molecule has 0 amide bonds. The Labute approximate surface area is 113 Å². The SMILES string of the molecule is COC(=O)CC1CCCCC1c1ccccc1Cl. The van der Waals surface area contributed by atoms with Gasteiger partial charge in [0.15, 0.2) is 0 Å². The van der Waals surface area contributed by atoms with E-state index in [1.807, 2.05) is 18.2 Å². The highest BCUT2D eigenvalue weighted by atomic mass is 35.5. The normalized spacial score (nSPS) is 23.7. The van der Waals surface area contributed by atoms with E-state index in [0.717, 1.165) is 17.9 Å². The Balaban J connectivity index is 2.17. The molecule has 18 heavy (non-hydrogen) atoms. The van der Waals surface area contributed by atoms with Gasteiger partial charge in [0.05, 0.1) is 7.11 Å². The molecule has 1 aromatic carbocycles. The molecule has 1 fully saturated rings. The van der Waals surface area contributed by atoms with Gasteiger partial charge >= 0.3 is 5.97 Å². The van der Waals surface area contributed by atoms with Crippen molar-refractivity contribution >= 4 is 17.6 Å². The number of esters is 1. The number of rotatable bonds is 3. The Hall–Kier alpha value is -1.02. The molecule has 0 bridgehead atoms. The summed E-state index contributed by atoms with van der Waals surface area (Å²) in [6.07, 6.45) is 5.12. The zero-order valence-electron chi connectivity index (χ0n) is 10.7. The van der Waals surface area contributed by atoms with E-state index in [0.29, 0.717) is 18.3 Å². The van der Waals surface area contributed by atoms with Crippen molar-refractivity contribution in [2.45, 2.75) is 38.0 Å². The minimum Gasteiger partial charge on any atom is -0.469 e. The molecule has 2 nitrogen and oxygen atoms in total. The van der Waals surface area contributed by atoms with Gasteiger partial charge in [-0.1, -0.05) is 42.6 Å². The van der Waals surface area contributed by atoms with Crippen LogP contribution in [0.15, 0.2) is 24.3 Å². The lowest BCUT2D eigenvalue weighted by atomic mass is 9.74. The Morgan fingerprint density at radius 3 is 2.78 bits per heavy atom. The van der Waals surface area contributed by atoms with Crippen LogP contribution in [0.3, 0.4) is 0 Å². The summed E-state index contributed by atoms with van der Waals surface area (Å²) in [6, 6.07) is 7.98. The van der Waals surface area contributed by atoms with E-state index >= 15 is 0 Å². The first-order valence-electron chi connectivity index (χ1n) is 6.53. The highest BCUT2D eigenvalue weighted by Crippen LogP contribution is 2.42. The van der Waals surface area contributed by atoms with Crippen molar-refractivity contribution in [1.29, 1.82) is 0 Å². The number of benzene rings is 1. The molecule has 0 spiro atoms.